The molecule has 3 aromatic rings. The van der Waals surface area contributed by atoms with Gasteiger partial charge in [-0.3, -0.25) is 4.79 Å². The molecule has 2 aromatic heterocycles. The minimum absolute atomic E-state index is 0.134. The highest BCUT2D eigenvalue weighted by Crippen LogP contribution is 2.31. The van der Waals surface area contributed by atoms with E-state index in [4.69, 9.17) is 18.0 Å². The lowest BCUT2D eigenvalue weighted by atomic mass is 10.1. The van der Waals surface area contributed by atoms with Crippen LogP contribution in [0.25, 0.3) is 21.3 Å². The summed E-state index contributed by atoms with van der Waals surface area (Å²) < 4.78 is 0. The zero-order chi connectivity index (χ0) is 14.8. The summed E-state index contributed by atoms with van der Waals surface area (Å²) in [5.41, 5.74) is 7.26. The number of aromatic amines is 1. The standard InChI is InChI=1S/C14H11N3OS3/c15-10(19)7-21-14-16-12(18)11-9(6-20-13(11)17-14)8-4-2-1-3-5-8/h1-6H,7H2,(H2,15,19)(H,16,17,18). The van der Waals surface area contributed by atoms with E-state index >= 15 is 0 Å². The van der Waals surface area contributed by atoms with Gasteiger partial charge in [-0.1, -0.05) is 54.3 Å². The average molecular weight is 333 g/mol. The Morgan fingerprint density at radius 2 is 2.14 bits per heavy atom. The number of benzene rings is 1. The maximum atomic E-state index is 12.3. The van der Waals surface area contributed by atoms with Crippen molar-refractivity contribution in [3.8, 4) is 11.1 Å². The predicted octanol–water partition coefficient (Wildman–Crippen LogP) is 3.03. The van der Waals surface area contributed by atoms with Crippen molar-refractivity contribution >= 4 is 50.5 Å². The highest BCUT2D eigenvalue weighted by molar-refractivity contribution is 8.00. The van der Waals surface area contributed by atoms with E-state index in [0.29, 0.717) is 21.3 Å². The number of hydrogen-bond donors (Lipinski definition) is 2. The third kappa shape index (κ3) is 2.99. The van der Waals surface area contributed by atoms with Gasteiger partial charge in [-0.15, -0.1) is 11.3 Å². The van der Waals surface area contributed by atoms with Crippen LogP contribution in [-0.2, 0) is 0 Å². The lowest BCUT2D eigenvalue weighted by Gasteiger charge is -2.01. The number of H-pyrrole nitrogens is 1. The fourth-order valence-electron chi connectivity index (χ4n) is 1.97. The zero-order valence-corrected chi connectivity index (χ0v) is 13.3. The van der Waals surface area contributed by atoms with Crippen LogP contribution in [0.15, 0.2) is 45.7 Å². The van der Waals surface area contributed by atoms with Gasteiger partial charge in [0, 0.05) is 10.9 Å². The Labute approximate surface area is 134 Å². The molecule has 0 aliphatic heterocycles. The fourth-order valence-corrected chi connectivity index (χ4v) is 3.75. The van der Waals surface area contributed by atoms with Crippen molar-refractivity contribution in [1.82, 2.24) is 9.97 Å². The Kier molecular flexibility index (Phi) is 4.05. The maximum Gasteiger partial charge on any atom is 0.260 e. The first-order valence-electron chi connectivity index (χ1n) is 6.13. The van der Waals surface area contributed by atoms with Crippen LogP contribution in [0.5, 0.6) is 0 Å². The summed E-state index contributed by atoms with van der Waals surface area (Å²) in [5, 5.41) is 3.14. The molecule has 7 heteroatoms. The molecule has 0 aliphatic rings. The van der Waals surface area contributed by atoms with Gasteiger partial charge in [-0.2, -0.15) is 0 Å². The summed E-state index contributed by atoms with van der Waals surface area (Å²) in [6.07, 6.45) is 0. The molecule has 0 bridgehead atoms. The topological polar surface area (TPSA) is 71.8 Å². The van der Waals surface area contributed by atoms with Crippen LogP contribution in [0.3, 0.4) is 0 Å². The molecular weight excluding hydrogens is 322 g/mol. The summed E-state index contributed by atoms with van der Waals surface area (Å²) in [6, 6.07) is 9.82. The Morgan fingerprint density at radius 3 is 2.86 bits per heavy atom. The number of thioether (sulfide) groups is 1. The molecule has 0 atom stereocenters. The first kappa shape index (κ1) is 14.2. The third-order valence-electron chi connectivity index (χ3n) is 2.86. The Morgan fingerprint density at radius 1 is 1.38 bits per heavy atom. The van der Waals surface area contributed by atoms with E-state index in [0.717, 1.165) is 16.0 Å². The van der Waals surface area contributed by atoms with Crippen molar-refractivity contribution in [3.63, 3.8) is 0 Å². The average Bonchev–Trinajstić information content (AvgIpc) is 2.90. The molecule has 0 unspecified atom stereocenters. The van der Waals surface area contributed by atoms with Crippen LogP contribution < -0.4 is 11.3 Å². The molecule has 0 aliphatic carbocycles. The van der Waals surface area contributed by atoms with Crippen molar-refractivity contribution in [3.05, 3.63) is 46.1 Å². The van der Waals surface area contributed by atoms with Crippen molar-refractivity contribution in [2.75, 3.05) is 5.75 Å². The van der Waals surface area contributed by atoms with Crippen LogP contribution in [0.4, 0.5) is 0 Å². The van der Waals surface area contributed by atoms with Crippen molar-refractivity contribution in [1.29, 1.82) is 0 Å². The maximum absolute atomic E-state index is 12.3. The van der Waals surface area contributed by atoms with E-state index in [2.05, 4.69) is 9.97 Å². The summed E-state index contributed by atoms with van der Waals surface area (Å²) in [7, 11) is 0. The fraction of sp³-hybridized carbons (Fsp3) is 0.0714. The SMILES string of the molecule is NC(=S)CSc1nc2scc(-c3ccccc3)c2c(=O)[nH]1. The first-order valence-corrected chi connectivity index (χ1v) is 8.40. The molecule has 0 amide bonds. The number of nitrogens with one attached hydrogen (secondary N) is 1. The number of aromatic nitrogens is 2. The second-order valence-corrected chi connectivity index (χ2v) is 6.67. The normalized spacial score (nSPS) is 10.9. The first-order chi connectivity index (χ1) is 10.1. The van der Waals surface area contributed by atoms with Crippen molar-refractivity contribution < 1.29 is 0 Å². The monoisotopic (exact) mass is 333 g/mol. The molecule has 0 saturated carbocycles. The summed E-state index contributed by atoms with van der Waals surface area (Å²) in [5.74, 6) is 0.459. The van der Waals surface area contributed by atoms with Crippen LogP contribution >= 0.6 is 35.3 Å². The van der Waals surface area contributed by atoms with Gasteiger partial charge in [-0.05, 0) is 5.56 Å². The molecular formula is C14H11N3OS3. The van der Waals surface area contributed by atoms with Crippen LogP contribution in [0.1, 0.15) is 0 Å². The summed E-state index contributed by atoms with van der Waals surface area (Å²) in [4.78, 5) is 20.7. The Bertz CT molecular complexity index is 855. The van der Waals surface area contributed by atoms with Gasteiger partial charge in [0.2, 0.25) is 0 Å². The molecule has 4 nitrogen and oxygen atoms in total. The van der Waals surface area contributed by atoms with Gasteiger partial charge in [0.05, 0.1) is 16.1 Å². The number of rotatable bonds is 4. The molecule has 0 saturated heterocycles. The number of thiocarbonyl (C=S) groups is 1. The summed E-state index contributed by atoms with van der Waals surface area (Å²) >= 11 is 7.63. The minimum atomic E-state index is -0.134. The number of thiophene rings is 1. The molecule has 0 radical (unpaired) electrons. The van der Waals surface area contributed by atoms with Crippen LogP contribution in [0.2, 0.25) is 0 Å². The molecule has 3 N–H and O–H groups in total. The Balaban J connectivity index is 2.07. The lowest BCUT2D eigenvalue weighted by Crippen LogP contribution is -2.13. The van der Waals surface area contributed by atoms with Gasteiger partial charge in [0.25, 0.3) is 5.56 Å². The zero-order valence-electron chi connectivity index (χ0n) is 10.8. The van der Waals surface area contributed by atoms with E-state index in [1.165, 1.54) is 23.1 Å². The Hall–Kier alpha value is -1.70. The lowest BCUT2D eigenvalue weighted by molar-refractivity contribution is 0.983. The van der Waals surface area contributed by atoms with Crippen molar-refractivity contribution in [2.45, 2.75) is 5.16 Å². The van der Waals surface area contributed by atoms with E-state index in [1.807, 2.05) is 35.7 Å². The van der Waals surface area contributed by atoms with Crippen LogP contribution in [-0.4, -0.2) is 20.7 Å². The van der Waals surface area contributed by atoms with E-state index in [-0.39, 0.29) is 5.56 Å². The summed E-state index contributed by atoms with van der Waals surface area (Å²) in [6.45, 7) is 0. The van der Waals surface area contributed by atoms with E-state index in [1.54, 1.807) is 0 Å². The van der Waals surface area contributed by atoms with Gasteiger partial charge in [0.1, 0.15) is 4.83 Å². The van der Waals surface area contributed by atoms with Gasteiger partial charge in [-0.25, -0.2) is 4.98 Å². The molecule has 1 aromatic carbocycles. The highest BCUT2D eigenvalue weighted by Gasteiger charge is 2.12. The molecule has 21 heavy (non-hydrogen) atoms. The molecule has 106 valence electrons. The smallest absolute Gasteiger partial charge is 0.260 e. The molecule has 0 spiro atoms. The van der Waals surface area contributed by atoms with Gasteiger partial charge in [0.15, 0.2) is 5.16 Å². The quantitative estimate of drug-likeness (QED) is 0.436. The van der Waals surface area contributed by atoms with Crippen LogP contribution in [0, 0.1) is 0 Å². The number of nitrogens with zero attached hydrogens (tertiary/aromatic N) is 1. The number of nitrogens with two attached hydrogens (primary N) is 1. The van der Waals surface area contributed by atoms with Crippen molar-refractivity contribution in [2.24, 2.45) is 5.73 Å². The minimum Gasteiger partial charge on any atom is -0.393 e. The molecule has 0 fully saturated rings. The number of hydrogen-bond acceptors (Lipinski definition) is 5. The highest BCUT2D eigenvalue weighted by atomic mass is 32.2. The van der Waals surface area contributed by atoms with Gasteiger partial charge < -0.3 is 10.7 Å². The third-order valence-corrected chi connectivity index (χ3v) is 4.98. The second kappa shape index (κ2) is 5.97. The predicted molar refractivity (Wildman–Crippen MR) is 93.2 cm³/mol. The largest absolute Gasteiger partial charge is 0.393 e. The number of fused-ring (bicyclic) bond motifs is 1. The van der Waals surface area contributed by atoms with E-state index in [9.17, 15) is 4.79 Å². The molecule has 3 rings (SSSR count). The van der Waals surface area contributed by atoms with E-state index < -0.39 is 0 Å². The van der Waals surface area contributed by atoms with Gasteiger partial charge >= 0.3 is 0 Å². The second-order valence-electron chi connectivity index (χ2n) is 4.32. The molecule has 2 heterocycles.